The largest absolute Gasteiger partial charge is 0.351 e. The molecule has 2 nitrogen and oxygen atoms in total. The van der Waals surface area contributed by atoms with Gasteiger partial charge in [-0.15, -0.1) is 0 Å². The molecule has 0 spiro atoms. The second-order valence-electron chi connectivity index (χ2n) is 3.85. The lowest BCUT2D eigenvalue weighted by Crippen LogP contribution is -2.45. The Morgan fingerprint density at radius 3 is 2.71 bits per heavy atom. The van der Waals surface area contributed by atoms with Crippen LogP contribution in [0, 0.1) is 0 Å². The predicted molar refractivity (Wildman–Crippen MR) is 66.1 cm³/mol. The molecule has 1 saturated carbocycles. The standard InChI is InChI=1S/C10H19NOS2/c1-7(13)10(12)11-8-5-3-4-6-9(8)14-2/h7-9,13H,3-6H2,1-2H3,(H,11,12). The minimum Gasteiger partial charge on any atom is -0.351 e. The van der Waals surface area contributed by atoms with Gasteiger partial charge in [0.15, 0.2) is 0 Å². The van der Waals surface area contributed by atoms with E-state index in [0.29, 0.717) is 11.3 Å². The summed E-state index contributed by atoms with van der Waals surface area (Å²) in [4.78, 5) is 11.5. The number of rotatable bonds is 3. The van der Waals surface area contributed by atoms with Gasteiger partial charge in [0.1, 0.15) is 0 Å². The van der Waals surface area contributed by atoms with Crippen LogP contribution < -0.4 is 5.32 Å². The van der Waals surface area contributed by atoms with E-state index < -0.39 is 0 Å². The van der Waals surface area contributed by atoms with E-state index in [1.165, 1.54) is 19.3 Å². The summed E-state index contributed by atoms with van der Waals surface area (Å²) < 4.78 is 0. The zero-order valence-corrected chi connectivity index (χ0v) is 10.5. The van der Waals surface area contributed by atoms with Crippen LogP contribution in [0.5, 0.6) is 0 Å². The Morgan fingerprint density at radius 1 is 1.50 bits per heavy atom. The summed E-state index contributed by atoms with van der Waals surface area (Å²) >= 11 is 6.00. The van der Waals surface area contributed by atoms with Gasteiger partial charge in [0, 0.05) is 11.3 Å². The quantitative estimate of drug-likeness (QED) is 0.731. The Morgan fingerprint density at radius 2 is 2.14 bits per heavy atom. The fourth-order valence-corrected chi connectivity index (χ4v) is 2.86. The highest BCUT2D eigenvalue weighted by Crippen LogP contribution is 2.27. The molecule has 3 atom stereocenters. The maximum absolute atomic E-state index is 11.5. The van der Waals surface area contributed by atoms with Crippen LogP contribution in [0.25, 0.3) is 0 Å². The molecule has 1 amide bonds. The predicted octanol–water partition coefficient (Wildman–Crippen LogP) is 2.10. The second kappa shape index (κ2) is 5.91. The normalized spacial score (nSPS) is 29.6. The topological polar surface area (TPSA) is 29.1 Å². The van der Waals surface area contributed by atoms with Gasteiger partial charge in [0.25, 0.3) is 0 Å². The average molecular weight is 233 g/mol. The molecule has 1 rings (SSSR count). The molecule has 0 saturated heterocycles. The van der Waals surface area contributed by atoms with E-state index in [0.717, 1.165) is 6.42 Å². The number of hydrogen-bond donors (Lipinski definition) is 2. The van der Waals surface area contributed by atoms with Crippen LogP contribution in [0.1, 0.15) is 32.6 Å². The molecular formula is C10H19NOS2. The van der Waals surface area contributed by atoms with Gasteiger partial charge in [-0.05, 0) is 26.0 Å². The Kier molecular flexibility index (Phi) is 5.17. The lowest BCUT2D eigenvalue weighted by atomic mass is 9.95. The highest BCUT2D eigenvalue weighted by atomic mass is 32.2. The lowest BCUT2D eigenvalue weighted by molar-refractivity contribution is -0.121. The third-order valence-electron chi connectivity index (χ3n) is 2.71. The minimum atomic E-state index is -0.195. The number of carbonyl (C=O) groups is 1. The van der Waals surface area contributed by atoms with Crippen molar-refractivity contribution in [2.45, 2.75) is 49.1 Å². The molecule has 14 heavy (non-hydrogen) atoms. The highest BCUT2D eigenvalue weighted by Gasteiger charge is 2.26. The summed E-state index contributed by atoms with van der Waals surface area (Å²) in [5.74, 6) is 0.0688. The first kappa shape index (κ1) is 12.2. The first-order valence-electron chi connectivity index (χ1n) is 5.16. The summed E-state index contributed by atoms with van der Waals surface area (Å²) in [6.45, 7) is 1.81. The van der Waals surface area contributed by atoms with E-state index in [-0.39, 0.29) is 11.2 Å². The van der Waals surface area contributed by atoms with Crippen LogP contribution in [-0.4, -0.2) is 28.7 Å². The van der Waals surface area contributed by atoms with Crippen molar-refractivity contribution in [3.8, 4) is 0 Å². The van der Waals surface area contributed by atoms with Gasteiger partial charge in [-0.3, -0.25) is 4.79 Å². The molecule has 0 aromatic rings. The summed E-state index contributed by atoms with van der Waals surface area (Å²) in [5.41, 5.74) is 0. The van der Waals surface area contributed by atoms with Crippen molar-refractivity contribution < 1.29 is 4.79 Å². The van der Waals surface area contributed by atoms with Gasteiger partial charge >= 0.3 is 0 Å². The maximum atomic E-state index is 11.5. The van der Waals surface area contributed by atoms with Gasteiger partial charge < -0.3 is 5.32 Å². The Hall–Kier alpha value is 0.170. The lowest BCUT2D eigenvalue weighted by Gasteiger charge is -2.31. The third kappa shape index (κ3) is 3.39. The van der Waals surface area contributed by atoms with E-state index in [1.54, 1.807) is 0 Å². The van der Waals surface area contributed by atoms with Gasteiger partial charge in [0.2, 0.25) is 5.91 Å². The van der Waals surface area contributed by atoms with Crippen LogP contribution in [-0.2, 0) is 4.79 Å². The first-order valence-corrected chi connectivity index (χ1v) is 6.97. The van der Waals surface area contributed by atoms with Crippen molar-refractivity contribution in [3.63, 3.8) is 0 Å². The molecule has 1 aliphatic carbocycles. The summed E-state index contributed by atoms with van der Waals surface area (Å²) in [7, 11) is 0. The van der Waals surface area contributed by atoms with Crippen molar-refractivity contribution in [2.24, 2.45) is 0 Å². The molecule has 0 aliphatic heterocycles. The molecule has 1 N–H and O–H groups in total. The molecule has 1 aliphatic rings. The molecule has 0 aromatic heterocycles. The van der Waals surface area contributed by atoms with Crippen LogP contribution in [0.15, 0.2) is 0 Å². The monoisotopic (exact) mass is 233 g/mol. The van der Waals surface area contributed by atoms with Crippen LogP contribution in [0.3, 0.4) is 0 Å². The van der Waals surface area contributed by atoms with E-state index in [1.807, 2.05) is 18.7 Å². The first-order chi connectivity index (χ1) is 6.65. The third-order valence-corrected chi connectivity index (χ3v) is 4.12. The number of nitrogens with one attached hydrogen (secondary N) is 1. The Labute approximate surface area is 96.0 Å². The number of thioether (sulfide) groups is 1. The number of thiol groups is 1. The SMILES string of the molecule is CSC1CCCCC1NC(=O)C(C)S. The van der Waals surface area contributed by atoms with E-state index >= 15 is 0 Å². The van der Waals surface area contributed by atoms with Crippen molar-refractivity contribution >= 4 is 30.3 Å². The van der Waals surface area contributed by atoms with Crippen LogP contribution >= 0.6 is 24.4 Å². The molecule has 1 fully saturated rings. The molecular weight excluding hydrogens is 214 g/mol. The number of hydrogen-bond acceptors (Lipinski definition) is 3. The van der Waals surface area contributed by atoms with Gasteiger partial charge in [-0.2, -0.15) is 24.4 Å². The second-order valence-corrected chi connectivity index (χ2v) is 5.70. The number of carbonyl (C=O) groups excluding carboxylic acids is 1. The van der Waals surface area contributed by atoms with Crippen LogP contribution in [0.2, 0.25) is 0 Å². The Balaban J connectivity index is 2.44. The fourth-order valence-electron chi connectivity index (χ4n) is 1.85. The highest BCUT2D eigenvalue weighted by molar-refractivity contribution is 7.99. The molecule has 0 heterocycles. The smallest absolute Gasteiger partial charge is 0.232 e. The van der Waals surface area contributed by atoms with Gasteiger partial charge in [0.05, 0.1) is 5.25 Å². The van der Waals surface area contributed by atoms with Crippen molar-refractivity contribution in [3.05, 3.63) is 0 Å². The number of amides is 1. The van der Waals surface area contributed by atoms with Crippen molar-refractivity contribution in [2.75, 3.05) is 6.26 Å². The van der Waals surface area contributed by atoms with Gasteiger partial charge in [-0.25, -0.2) is 0 Å². The summed E-state index contributed by atoms with van der Waals surface area (Å²) in [6.07, 6.45) is 7.02. The fraction of sp³-hybridized carbons (Fsp3) is 0.900. The average Bonchev–Trinajstić information content (AvgIpc) is 2.18. The summed E-state index contributed by atoms with van der Waals surface area (Å²) in [6, 6.07) is 0.362. The van der Waals surface area contributed by atoms with Crippen molar-refractivity contribution in [1.29, 1.82) is 0 Å². The zero-order chi connectivity index (χ0) is 10.6. The molecule has 82 valence electrons. The molecule has 3 unspecified atom stereocenters. The summed E-state index contributed by atoms with van der Waals surface area (Å²) in [5, 5.41) is 3.49. The minimum absolute atomic E-state index is 0.0688. The Bertz CT molecular complexity index is 197. The van der Waals surface area contributed by atoms with Crippen LogP contribution in [0.4, 0.5) is 0 Å². The van der Waals surface area contributed by atoms with E-state index in [9.17, 15) is 4.79 Å². The molecule has 0 bridgehead atoms. The maximum Gasteiger partial charge on any atom is 0.232 e. The van der Waals surface area contributed by atoms with Crippen molar-refractivity contribution in [1.82, 2.24) is 5.32 Å². The van der Waals surface area contributed by atoms with E-state index in [2.05, 4.69) is 24.2 Å². The molecule has 0 radical (unpaired) electrons. The van der Waals surface area contributed by atoms with Gasteiger partial charge in [-0.1, -0.05) is 12.8 Å². The molecule has 4 heteroatoms. The zero-order valence-electron chi connectivity index (χ0n) is 8.82. The van der Waals surface area contributed by atoms with E-state index in [4.69, 9.17) is 0 Å². The molecule has 0 aromatic carbocycles.